The number of nitrogens with one attached hydrogen (secondary N) is 1. The van der Waals surface area contributed by atoms with Gasteiger partial charge in [-0.25, -0.2) is 0 Å². The van der Waals surface area contributed by atoms with E-state index >= 15 is 0 Å². The Labute approximate surface area is 141 Å². The Morgan fingerprint density at radius 3 is 2.64 bits per heavy atom. The van der Waals surface area contributed by atoms with Crippen LogP contribution in [0.2, 0.25) is 0 Å². The molecule has 0 saturated heterocycles. The van der Waals surface area contributed by atoms with Crippen molar-refractivity contribution in [2.75, 3.05) is 13.1 Å². The molecule has 22 heavy (non-hydrogen) atoms. The summed E-state index contributed by atoms with van der Waals surface area (Å²) >= 11 is 0. The quantitative estimate of drug-likeness (QED) is 0.673. The molecule has 1 heterocycles. The van der Waals surface area contributed by atoms with E-state index in [4.69, 9.17) is 0 Å². The Balaban J connectivity index is 0.00000176. The highest BCUT2D eigenvalue weighted by molar-refractivity contribution is 5.99. The molecule has 2 unspecified atom stereocenters. The number of carbonyl (C=O) groups is 1. The van der Waals surface area contributed by atoms with Gasteiger partial charge in [0.25, 0.3) is 0 Å². The van der Waals surface area contributed by atoms with Gasteiger partial charge in [-0.2, -0.15) is 0 Å². The fraction of sp³-hybridized carbons (Fsp3) is 0.278. The van der Waals surface area contributed by atoms with Crippen LogP contribution >= 0.6 is 0 Å². The Morgan fingerprint density at radius 1 is 1.18 bits per heavy atom. The van der Waals surface area contributed by atoms with Crippen molar-refractivity contribution in [1.29, 1.82) is 0 Å². The Bertz CT molecular complexity index is 672. The van der Waals surface area contributed by atoms with Gasteiger partial charge in [0.05, 0.1) is 12.1 Å². The van der Waals surface area contributed by atoms with Crippen molar-refractivity contribution in [1.82, 2.24) is 0 Å². The van der Waals surface area contributed by atoms with E-state index in [1.807, 2.05) is 0 Å². The average molecular weight is 362 g/mol. The molecular weight excluding hydrogens is 342 g/mol. The van der Waals surface area contributed by atoms with E-state index in [0.717, 1.165) is 13.1 Å². The molecule has 3 nitrogen and oxygen atoms in total. The fourth-order valence-electron chi connectivity index (χ4n) is 3.23. The Morgan fingerprint density at radius 2 is 1.86 bits per heavy atom. The van der Waals surface area contributed by atoms with Crippen molar-refractivity contribution in [2.24, 2.45) is 0 Å². The monoisotopic (exact) mass is 361 g/mol. The van der Waals surface area contributed by atoms with E-state index < -0.39 is 0 Å². The van der Waals surface area contributed by atoms with Gasteiger partial charge >= 0.3 is 0 Å². The second-order valence-electron chi connectivity index (χ2n) is 5.85. The van der Waals surface area contributed by atoms with Gasteiger partial charge in [-0.05, 0) is 17.7 Å². The molecule has 0 radical (unpaired) electrons. The molecule has 0 aromatic heterocycles. The molecule has 4 heteroatoms. The number of phenolic OH excluding ortho intramolecular Hbond substituents is 1. The first-order valence-electron chi connectivity index (χ1n) is 7.37. The first kappa shape index (κ1) is 16.7. The number of halogens is 1. The van der Waals surface area contributed by atoms with Gasteiger partial charge in [0.1, 0.15) is 18.8 Å². The van der Waals surface area contributed by atoms with E-state index in [0.29, 0.717) is 18.0 Å². The number of carbonyl (C=O) groups excluding carboxylic acids is 1. The molecule has 0 spiro atoms. The highest BCUT2D eigenvalue weighted by atomic mass is 79.9. The topological polar surface area (TPSA) is 41.7 Å². The predicted molar refractivity (Wildman–Crippen MR) is 81.7 cm³/mol. The molecule has 0 fully saturated rings. The standard InChI is InChI=1S/C18H19NO2.BrH/c1-13-10-19(11-14-6-2-3-7-15(13)14)12-18(21)16-8-4-5-9-17(16)20;/h2-9,13,20H,10-12H2,1H3;1H. The second kappa shape index (κ2) is 7.07. The van der Waals surface area contributed by atoms with Crippen molar-refractivity contribution < 1.29 is 31.8 Å². The number of hydrogen-bond donors (Lipinski definition) is 2. The first-order valence-corrected chi connectivity index (χ1v) is 7.37. The summed E-state index contributed by atoms with van der Waals surface area (Å²) in [6.45, 7) is 4.47. The lowest BCUT2D eigenvalue weighted by atomic mass is 9.91. The predicted octanol–water partition coefficient (Wildman–Crippen LogP) is -1.22. The minimum Gasteiger partial charge on any atom is -1.00 e. The van der Waals surface area contributed by atoms with Crippen molar-refractivity contribution >= 4 is 5.78 Å². The van der Waals surface area contributed by atoms with E-state index in [2.05, 4.69) is 31.2 Å². The molecule has 3 rings (SSSR count). The summed E-state index contributed by atoms with van der Waals surface area (Å²) in [6, 6.07) is 15.2. The van der Waals surface area contributed by atoms with Crippen LogP contribution in [-0.4, -0.2) is 24.0 Å². The number of ketones is 1. The third-order valence-corrected chi connectivity index (χ3v) is 4.24. The number of phenols is 1. The maximum Gasteiger partial charge on any atom is 0.220 e. The Kier molecular flexibility index (Phi) is 5.37. The van der Waals surface area contributed by atoms with Crippen LogP contribution in [0.25, 0.3) is 0 Å². The highest BCUT2D eigenvalue weighted by Crippen LogP contribution is 2.21. The zero-order chi connectivity index (χ0) is 14.8. The smallest absolute Gasteiger partial charge is 0.220 e. The molecular formula is C18H20BrNO2. The van der Waals surface area contributed by atoms with Gasteiger partial charge in [-0.3, -0.25) is 4.79 Å². The van der Waals surface area contributed by atoms with Crippen molar-refractivity contribution in [3.05, 3.63) is 65.2 Å². The third-order valence-electron chi connectivity index (χ3n) is 4.24. The largest absolute Gasteiger partial charge is 1.00 e. The van der Waals surface area contributed by atoms with E-state index in [-0.39, 0.29) is 28.5 Å². The van der Waals surface area contributed by atoms with Gasteiger partial charge in [0, 0.05) is 11.5 Å². The molecule has 0 amide bonds. The summed E-state index contributed by atoms with van der Waals surface area (Å²) in [5.41, 5.74) is 3.16. The van der Waals surface area contributed by atoms with Gasteiger partial charge in [0.15, 0.2) is 0 Å². The number of rotatable bonds is 3. The maximum atomic E-state index is 12.4. The molecule has 0 bridgehead atoms. The number of hydrogen-bond acceptors (Lipinski definition) is 2. The van der Waals surface area contributed by atoms with Crippen LogP contribution < -0.4 is 21.9 Å². The van der Waals surface area contributed by atoms with Crippen molar-refractivity contribution in [3.8, 4) is 5.75 Å². The number of fused-ring (bicyclic) bond motifs is 1. The SMILES string of the molecule is CC1C[NH+](CC(=O)c2ccccc2O)Cc2ccccc21.[Br-]. The zero-order valence-corrected chi connectivity index (χ0v) is 14.1. The van der Waals surface area contributed by atoms with E-state index in [1.54, 1.807) is 24.3 Å². The number of para-hydroxylation sites is 1. The lowest BCUT2D eigenvalue weighted by Gasteiger charge is -2.29. The second-order valence-corrected chi connectivity index (χ2v) is 5.85. The van der Waals surface area contributed by atoms with Gasteiger partial charge in [-0.15, -0.1) is 0 Å². The molecule has 0 aliphatic carbocycles. The molecule has 116 valence electrons. The number of aromatic hydroxyl groups is 1. The lowest BCUT2D eigenvalue weighted by molar-refractivity contribution is -0.909. The molecule has 1 aliphatic heterocycles. The van der Waals surface area contributed by atoms with Crippen LogP contribution in [0.5, 0.6) is 5.75 Å². The van der Waals surface area contributed by atoms with E-state index in [9.17, 15) is 9.90 Å². The summed E-state index contributed by atoms with van der Waals surface area (Å²) in [4.78, 5) is 13.6. The average Bonchev–Trinajstić information content (AvgIpc) is 2.47. The minimum atomic E-state index is 0. The van der Waals surface area contributed by atoms with Gasteiger partial charge < -0.3 is 27.0 Å². The lowest BCUT2D eigenvalue weighted by Crippen LogP contribution is -3.12. The molecule has 2 N–H and O–H groups in total. The molecule has 2 aromatic carbocycles. The first-order chi connectivity index (χ1) is 10.1. The van der Waals surface area contributed by atoms with Crippen LogP contribution in [-0.2, 0) is 6.54 Å². The van der Waals surface area contributed by atoms with Gasteiger partial charge in [-0.1, -0.05) is 43.3 Å². The van der Waals surface area contributed by atoms with Crippen molar-refractivity contribution in [3.63, 3.8) is 0 Å². The highest BCUT2D eigenvalue weighted by Gasteiger charge is 2.27. The normalized spacial score (nSPS) is 19.9. The minimum absolute atomic E-state index is 0. The summed E-state index contributed by atoms with van der Waals surface area (Å²) in [7, 11) is 0. The van der Waals surface area contributed by atoms with Crippen LogP contribution in [0.3, 0.4) is 0 Å². The van der Waals surface area contributed by atoms with Crippen LogP contribution in [0.1, 0.15) is 34.3 Å². The number of quaternary nitrogens is 1. The fourth-order valence-corrected chi connectivity index (χ4v) is 3.23. The molecule has 0 saturated carbocycles. The summed E-state index contributed by atoms with van der Waals surface area (Å²) in [5.74, 6) is 0.546. The molecule has 1 aliphatic rings. The zero-order valence-electron chi connectivity index (χ0n) is 12.6. The van der Waals surface area contributed by atoms with Crippen LogP contribution in [0.4, 0.5) is 0 Å². The van der Waals surface area contributed by atoms with Gasteiger partial charge in [0.2, 0.25) is 5.78 Å². The van der Waals surface area contributed by atoms with Crippen LogP contribution in [0, 0.1) is 0 Å². The summed E-state index contributed by atoms with van der Waals surface area (Å²) in [5, 5.41) is 9.79. The van der Waals surface area contributed by atoms with Crippen molar-refractivity contribution in [2.45, 2.75) is 19.4 Å². The third kappa shape index (κ3) is 3.39. The number of Topliss-reactive ketones (excluding diaryl/α,β-unsaturated/α-hetero) is 1. The summed E-state index contributed by atoms with van der Waals surface area (Å²) in [6.07, 6.45) is 0. The Hall–Kier alpha value is -1.65. The molecule has 2 aromatic rings. The molecule has 2 atom stereocenters. The van der Waals surface area contributed by atoms with Crippen LogP contribution in [0.15, 0.2) is 48.5 Å². The maximum absolute atomic E-state index is 12.4. The number of benzene rings is 2. The van der Waals surface area contributed by atoms with E-state index in [1.165, 1.54) is 16.0 Å². The summed E-state index contributed by atoms with van der Waals surface area (Å²) < 4.78 is 0.